The molecule has 5 heteroatoms. The van der Waals surface area contributed by atoms with Crippen molar-refractivity contribution in [2.24, 2.45) is 5.92 Å². The molecule has 2 rings (SSSR count). The molecule has 2 N–H and O–H groups in total. The number of benzene rings is 2. The minimum atomic E-state index is -0.289. The number of nitrogens with one attached hydrogen (secondary N) is 2. The van der Waals surface area contributed by atoms with Crippen molar-refractivity contribution in [2.75, 3.05) is 11.9 Å². The molecule has 0 heterocycles. The molecule has 5 nitrogen and oxygen atoms in total. The van der Waals surface area contributed by atoms with E-state index in [1.807, 2.05) is 56.3 Å². The fraction of sp³-hybridized carbons (Fsp3) is 0.300. The van der Waals surface area contributed by atoms with Crippen molar-refractivity contribution in [3.8, 4) is 11.5 Å². The zero-order valence-electron chi connectivity index (χ0n) is 14.6. The lowest BCUT2D eigenvalue weighted by atomic mass is 10.0. The van der Waals surface area contributed by atoms with Crippen molar-refractivity contribution in [1.29, 1.82) is 0 Å². The molecule has 0 aliphatic heterocycles. The van der Waals surface area contributed by atoms with Gasteiger partial charge in [0.15, 0.2) is 5.75 Å². The first kappa shape index (κ1) is 18.5. The van der Waals surface area contributed by atoms with E-state index in [2.05, 4.69) is 10.6 Å². The second-order valence-corrected chi connectivity index (χ2v) is 5.69. The molecule has 0 radical (unpaired) electrons. The number of carbonyl (C=O) groups is 2. The standard InChI is InChI=1S/C20H24N2O3/c1-3-15(4-2)20(24)21-14-19(23)22-17-12-8-9-13-18(17)25-16-10-6-5-7-11-16/h5-13,15H,3-4,14H2,1-2H3,(H,21,24)(H,22,23). The predicted molar refractivity (Wildman–Crippen MR) is 98.7 cm³/mol. The van der Waals surface area contributed by atoms with Crippen LogP contribution in [0.15, 0.2) is 54.6 Å². The third-order valence-electron chi connectivity index (χ3n) is 3.91. The van der Waals surface area contributed by atoms with Crippen molar-refractivity contribution >= 4 is 17.5 Å². The van der Waals surface area contributed by atoms with Crippen molar-refractivity contribution < 1.29 is 14.3 Å². The van der Waals surface area contributed by atoms with Gasteiger partial charge in [-0.1, -0.05) is 44.2 Å². The summed E-state index contributed by atoms with van der Waals surface area (Å²) >= 11 is 0. The molecule has 2 aromatic carbocycles. The smallest absolute Gasteiger partial charge is 0.243 e. The highest BCUT2D eigenvalue weighted by Gasteiger charge is 2.15. The van der Waals surface area contributed by atoms with Gasteiger partial charge in [0.25, 0.3) is 0 Å². The topological polar surface area (TPSA) is 67.4 Å². The van der Waals surface area contributed by atoms with Crippen LogP contribution in [-0.2, 0) is 9.59 Å². The lowest BCUT2D eigenvalue weighted by molar-refractivity contribution is -0.127. The van der Waals surface area contributed by atoms with E-state index < -0.39 is 0 Å². The van der Waals surface area contributed by atoms with E-state index >= 15 is 0 Å². The van der Waals surface area contributed by atoms with E-state index in [1.54, 1.807) is 12.1 Å². The summed E-state index contributed by atoms with van der Waals surface area (Å²) in [6.45, 7) is 3.87. The normalized spacial score (nSPS) is 10.4. The average molecular weight is 340 g/mol. The summed E-state index contributed by atoms with van der Waals surface area (Å²) in [7, 11) is 0. The maximum atomic E-state index is 12.1. The minimum absolute atomic E-state index is 0.0542. The minimum Gasteiger partial charge on any atom is -0.455 e. The van der Waals surface area contributed by atoms with Gasteiger partial charge in [0.05, 0.1) is 12.2 Å². The molecule has 0 saturated heterocycles. The summed E-state index contributed by atoms with van der Waals surface area (Å²) < 4.78 is 5.81. The van der Waals surface area contributed by atoms with E-state index in [4.69, 9.17) is 4.74 Å². The largest absolute Gasteiger partial charge is 0.455 e. The van der Waals surface area contributed by atoms with E-state index in [1.165, 1.54) is 0 Å². The van der Waals surface area contributed by atoms with Crippen LogP contribution in [0.1, 0.15) is 26.7 Å². The maximum absolute atomic E-state index is 12.1. The molecule has 0 aromatic heterocycles. The van der Waals surface area contributed by atoms with Crippen LogP contribution in [0.5, 0.6) is 11.5 Å². The summed E-state index contributed by atoms with van der Waals surface area (Å²) in [6.07, 6.45) is 1.52. The van der Waals surface area contributed by atoms with Crippen LogP contribution in [0.2, 0.25) is 0 Å². The number of hydrogen-bond donors (Lipinski definition) is 2. The SMILES string of the molecule is CCC(CC)C(=O)NCC(=O)Nc1ccccc1Oc1ccccc1. The Bertz CT molecular complexity index is 697. The lowest BCUT2D eigenvalue weighted by Gasteiger charge is -2.14. The van der Waals surface area contributed by atoms with Gasteiger partial charge >= 0.3 is 0 Å². The van der Waals surface area contributed by atoms with E-state index in [9.17, 15) is 9.59 Å². The number of ether oxygens (including phenoxy) is 1. The molecule has 25 heavy (non-hydrogen) atoms. The van der Waals surface area contributed by atoms with Crippen LogP contribution >= 0.6 is 0 Å². The van der Waals surface area contributed by atoms with Crippen molar-refractivity contribution in [1.82, 2.24) is 5.32 Å². The Morgan fingerprint density at radius 2 is 1.60 bits per heavy atom. The molecule has 2 aromatic rings. The van der Waals surface area contributed by atoms with Gasteiger partial charge in [-0.15, -0.1) is 0 Å². The number of carbonyl (C=O) groups excluding carboxylic acids is 2. The van der Waals surface area contributed by atoms with Crippen LogP contribution in [0.25, 0.3) is 0 Å². The molecule has 0 saturated carbocycles. The average Bonchev–Trinajstić information content (AvgIpc) is 2.63. The Morgan fingerprint density at radius 3 is 2.28 bits per heavy atom. The zero-order chi connectivity index (χ0) is 18.1. The van der Waals surface area contributed by atoms with Crippen molar-refractivity contribution in [3.05, 3.63) is 54.6 Å². The van der Waals surface area contributed by atoms with E-state index in [0.717, 1.165) is 12.8 Å². The van der Waals surface area contributed by atoms with Gasteiger partial charge in [-0.25, -0.2) is 0 Å². The molecular weight excluding hydrogens is 316 g/mol. The van der Waals surface area contributed by atoms with Gasteiger partial charge in [0.2, 0.25) is 11.8 Å². The second kappa shape index (κ2) is 9.47. The predicted octanol–water partition coefficient (Wildman–Crippen LogP) is 3.97. The molecule has 0 aliphatic rings. The van der Waals surface area contributed by atoms with Gasteiger partial charge in [0.1, 0.15) is 5.75 Å². The van der Waals surface area contributed by atoms with Gasteiger partial charge in [-0.3, -0.25) is 9.59 Å². The summed E-state index contributed by atoms with van der Waals surface area (Å²) in [4.78, 5) is 24.1. The fourth-order valence-electron chi connectivity index (χ4n) is 2.44. The van der Waals surface area contributed by atoms with Crippen LogP contribution in [0, 0.1) is 5.92 Å². The summed E-state index contributed by atoms with van der Waals surface area (Å²) in [6, 6.07) is 16.5. The summed E-state index contributed by atoms with van der Waals surface area (Å²) in [5.74, 6) is 0.804. The number of anilines is 1. The summed E-state index contributed by atoms with van der Waals surface area (Å²) in [5, 5.41) is 5.46. The number of para-hydroxylation sites is 3. The van der Waals surface area contributed by atoms with Gasteiger partial charge in [0, 0.05) is 5.92 Å². The van der Waals surface area contributed by atoms with E-state index in [-0.39, 0.29) is 24.3 Å². The van der Waals surface area contributed by atoms with Gasteiger partial charge in [-0.05, 0) is 37.1 Å². The second-order valence-electron chi connectivity index (χ2n) is 5.69. The van der Waals surface area contributed by atoms with Crippen molar-refractivity contribution in [3.63, 3.8) is 0 Å². The van der Waals surface area contributed by atoms with Crippen LogP contribution in [0.4, 0.5) is 5.69 Å². The first-order chi connectivity index (χ1) is 12.1. The van der Waals surface area contributed by atoms with E-state index in [0.29, 0.717) is 17.2 Å². The molecule has 0 aliphatic carbocycles. The third kappa shape index (κ3) is 5.64. The molecule has 0 bridgehead atoms. The maximum Gasteiger partial charge on any atom is 0.243 e. The molecule has 0 spiro atoms. The Morgan fingerprint density at radius 1 is 0.960 bits per heavy atom. The number of rotatable bonds is 8. The van der Waals surface area contributed by atoms with Crippen LogP contribution in [-0.4, -0.2) is 18.4 Å². The Labute approximate surface area is 148 Å². The quantitative estimate of drug-likeness (QED) is 0.764. The highest BCUT2D eigenvalue weighted by atomic mass is 16.5. The fourth-order valence-corrected chi connectivity index (χ4v) is 2.44. The van der Waals surface area contributed by atoms with Gasteiger partial charge in [-0.2, -0.15) is 0 Å². The lowest BCUT2D eigenvalue weighted by Crippen LogP contribution is -2.36. The van der Waals surface area contributed by atoms with Crippen molar-refractivity contribution in [2.45, 2.75) is 26.7 Å². The first-order valence-electron chi connectivity index (χ1n) is 8.53. The molecule has 0 fully saturated rings. The monoisotopic (exact) mass is 340 g/mol. The molecule has 132 valence electrons. The highest BCUT2D eigenvalue weighted by molar-refractivity contribution is 5.95. The Balaban J connectivity index is 1.96. The van der Waals surface area contributed by atoms with Crippen LogP contribution in [0.3, 0.4) is 0 Å². The van der Waals surface area contributed by atoms with Gasteiger partial charge < -0.3 is 15.4 Å². The molecule has 0 atom stereocenters. The number of amides is 2. The highest BCUT2D eigenvalue weighted by Crippen LogP contribution is 2.28. The zero-order valence-corrected chi connectivity index (χ0v) is 14.6. The summed E-state index contributed by atoms with van der Waals surface area (Å²) in [5.41, 5.74) is 0.563. The van der Waals surface area contributed by atoms with Crippen LogP contribution < -0.4 is 15.4 Å². The number of hydrogen-bond acceptors (Lipinski definition) is 3. The molecule has 0 unspecified atom stereocenters. The third-order valence-corrected chi connectivity index (χ3v) is 3.91. The first-order valence-corrected chi connectivity index (χ1v) is 8.53. The molecular formula is C20H24N2O3. The Hall–Kier alpha value is -2.82. The Kier molecular flexibility index (Phi) is 7.01. The molecule has 2 amide bonds.